The Kier molecular flexibility index (Phi) is 3.79. The van der Waals surface area contributed by atoms with E-state index < -0.39 is 0 Å². The fourth-order valence-electron chi connectivity index (χ4n) is 1.62. The third-order valence-corrected chi connectivity index (χ3v) is 2.90. The van der Waals surface area contributed by atoms with Crippen molar-refractivity contribution in [3.05, 3.63) is 30.5 Å². The van der Waals surface area contributed by atoms with Crippen molar-refractivity contribution in [2.24, 2.45) is 0 Å². The van der Waals surface area contributed by atoms with Gasteiger partial charge in [-0.2, -0.15) is 0 Å². The number of hydrogen-bond donors (Lipinski definition) is 0. The van der Waals surface area contributed by atoms with Crippen LogP contribution in [-0.4, -0.2) is 28.9 Å². The zero-order valence-corrected chi connectivity index (χ0v) is 10.9. The fourth-order valence-corrected chi connectivity index (χ4v) is 1.72. The van der Waals surface area contributed by atoms with Gasteiger partial charge in [-0.1, -0.05) is 18.2 Å². The third kappa shape index (κ3) is 3.07. The molecule has 0 radical (unpaired) electrons. The van der Waals surface area contributed by atoms with Gasteiger partial charge in [0.2, 0.25) is 5.95 Å². The lowest BCUT2D eigenvalue weighted by atomic mass is 10.2. The molecule has 0 aliphatic rings. The quantitative estimate of drug-likeness (QED) is 0.780. The average molecular weight is 250 g/mol. The van der Waals surface area contributed by atoms with Crippen LogP contribution < -0.4 is 4.90 Å². The highest BCUT2D eigenvalue weighted by atomic mass is 35.5. The molecule has 0 spiro atoms. The molecule has 0 amide bonds. The van der Waals surface area contributed by atoms with E-state index in [2.05, 4.69) is 9.97 Å². The predicted molar refractivity (Wildman–Crippen MR) is 72.7 cm³/mol. The van der Waals surface area contributed by atoms with Crippen LogP contribution in [0.1, 0.15) is 13.3 Å². The summed E-state index contributed by atoms with van der Waals surface area (Å²) in [6.07, 6.45) is 2.78. The zero-order chi connectivity index (χ0) is 12.3. The van der Waals surface area contributed by atoms with Gasteiger partial charge in [-0.3, -0.25) is 0 Å². The molecule has 1 unspecified atom stereocenters. The summed E-state index contributed by atoms with van der Waals surface area (Å²) in [7, 11) is 1.99. The smallest absolute Gasteiger partial charge is 0.225 e. The van der Waals surface area contributed by atoms with Gasteiger partial charge in [0.1, 0.15) is 0 Å². The Morgan fingerprint density at radius 3 is 2.88 bits per heavy atom. The minimum atomic E-state index is 0.179. The maximum absolute atomic E-state index is 5.94. The van der Waals surface area contributed by atoms with Crippen LogP contribution in [0.25, 0.3) is 10.9 Å². The zero-order valence-electron chi connectivity index (χ0n) is 10.1. The lowest BCUT2D eigenvalue weighted by Gasteiger charge is -2.17. The molecule has 90 valence electrons. The summed E-state index contributed by atoms with van der Waals surface area (Å²) in [4.78, 5) is 10.9. The largest absolute Gasteiger partial charge is 0.344 e. The summed E-state index contributed by atoms with van der Waals surface area (Å²) in [6.45, 7) is 2.86. The van der Waals surface area contributed by atoms with Gasteiger partial charge in [-0.15, -0.1) is 11.6 Å². The van der Waals surface area contributed by atoms with Gasteiger partial charge in [-0.25, -0.2) is 9.97 Å². The standard InChI is InChI=1S/C13H16ClN3/c1-10(14)7-8-17(2)13-15-9-11-5-3-4-6-12(11)16-13/h3-6,9-10H,7-8H2,1-2H3. The Bertz CT molecular complexity index is 499. The maximum atomic E-state index is 5.94. The summed E-state index contributed by atoms with van der Waals surface area (Å²) in [5.74, 6) is 0.751. The second-order valence-electron chi connectivity index (χ2n) is 4.22. The van der Waals surface area contributed by atoms with E-state index in [0.717, 1.165) is 29.8 Å². The summed E-state index contributed by atoms with van der Waals surface area (Å²) in [5.41, 5.74) is 0.975. The maximum Gasteiger partial charge on any atom is 0.225 e. The molecule has 1 aromatic heterocycles. The van der Waals surface area contributed by atoms with Crippen LogP contribution in [0.15, 0.2) is 30.5 Å². The first-order valence-electron chi connectivity index (χ1n) is 5.74. The predicted octanol–water partition coefficient (Wildman–Crippen LogP) is 3.08. The molecule has 2 rings (SSSR count). The van der Waals surface area contributed by atoms with Crippen LogP contribution >= 0.6 is 11.6 Å². The van der Waals surface area contributed by atoms with E-state index in [1.807, 2.05) is 49.3 Å². The normalized spacial score (nSPS) is 12.6. The van der Waals surface area contributed by atoms with Gasteiger partial charge < -0.3 is 4.90 Å². The number of para-hydroxylation sites is 1. The fraction of sp³-hybridized carbons (Fsp3) is 0.385. The molecule has 1 aromatic carbocycles. The van der Waals surface area contributed by atoms with E-state index in [0.29, 0.717) is 0 Å². The number of hydrogen-bond acceptors (Lipinski definition) is 3. The van der Waals surface area contributed by atoms with E-state index in [1.165, 1.54) is 0 Å². The van der Waals surface area contributed by atoms with Crippen LogP contribution in [0.3, 0.4) is 0 Å². The van der Waals surface area contributed by atoms with Crippen molar-refractivity contribution in [3.8, 4) is 0 Å². The minimum absolute atomic E-state index is 0.179. The van der Waals surface area contributed by atoms with Gasteiger partial charge >= 0.3 is 0 Å². The average Bonchev–Trinajstić information content (AvgIpc) is 2.35. The van der Waals surface area contributed by atoms with Gasteiger partial charge in [-0.05, 0) is 19.4 Å². The molecule has 0 aliphatic carbocycles. The van der Waals surface area contributed by atoms with E-state index in [1.54, 1.807) is 0 Å². The molecule has 1 atom stereocenters. The first-order chi connectivity index (χ1) is 8.16. The molecule has 17 heavy (non-hydrogen) atoms. The van der Waals surface area contributed by atoms with E-state index >= 15 is 0 Å². The molecule has 0 saturated carbocycles. The molecule has 3 nitrogen and oxygen atoms in total. The number of anilines is 1. The van der Waals surface area contributed by atoms with E-state index in [9.17, 15) is 0 Å². The topological polar surface area (TPSA) is 29.0 Å². The summed E-state index contributed by atoms with van der Waals surface area (Å²) in [5, 5.41) is 1.24. The molecule has 0 saturated heterocycles. The molecule has 0 N–H and O–H groups in total. The first kappa shape index (κ1) is 12.1. The Balaban J connectivity index is 2.18. The molecule has 0 aliphatic heterocycles. The Hall–Kier alpha value is -1.35. The lowest BCUT2D eigenvalue weighted by molar-refractivity contribution is 0.757. The monoisotopic (exact) mass is 249 g/mol. The number of alkyl halides is 1. The molecule has 4 heteroatoms. The number of halogens is 1. The Morgan fingerprint density at radius 1 is 1.35 bits per heavy atom. The van der Waals surface area contributed by atoms with Gasteiger partial charge in [0.05, 0.1) is 5.52 Å². The summed E-state index contributed by atoms with van der Waals surface area (Å²) >= 11 is 5.94. The summed E-state index contributed by atoms with van der Waals surface area (Å²) in [6, 6.07) is 7.99. The van der Waals surface area contributed by atoms with Crippen molar-refractivity contribution in [1.29, 1.82) is 0 Å². The number of nitrogens with zero attached hydrogens (tertiary/aromatic N) is 3. The molecular formula is C13H16ClN3. The van der Waals surface area contributed by atoms with Crippen LogP contribution in [0.2, 0.25) is 0 Å². The van der Waals surface area contributed by atoms with Crippen molar-refractivity contribution in [2.45, 2.75) is 18.7 Å². The van der Waals surface area contributed by atoms with Crippen molar-refractivity contribution in [3.63, 3.8) is 0 Å². The number of rotatable bonds is 4. The number of fused-ring (bicyclic) bond motifs is 1. The SMILES string of the molecule is CC(Cl)CCN(C)c1ncc2ccccc2n1. The highest BCUT2D eigenvalue weighted by molar-refractivity contribution is 6.20. The summed E-state index contributed by atoms with van der Waals surface area (Å²) < 4.78 is 0. The van der Waals surface area contributed by atoms with Crippen LogP contribution in [0.4, 0.5) is 5.95 Å². The minimum Gasteiger partial charge on any atom is -0.344 e. The first-order valence-corrected chi connectivity index (χ1v) is 6.17. The van der Waals surface area contributed by atoms with Gasteiger partial charge in [0.15, 0.2) is 0 Å². The molecule has 1 heterocycles. The lowest BCUT2D eigenvalue weighted by Crippen LogP contribution is -2.22. The highest BCUT2D eigenvalue weighted by Gasteiger charge is 2.06. The Labute approximate surface area is 106 Å². The highest BCUT2D eigenvalue weighted by Crippen LogP contribution is 2.14. The molecule has 0 bridgehead atoms. The molecule has 2 aromatic rings. The molecule has 0 fully saturated rings. The second kappa shape index (κ2) is 5.32. The van der Waals surface area contributed by atoms with Crippen LogP contribution in [-0.2, 0) is 0 Å². The van der Waals surface area contributed by atoms with Crippen LogP contribution in [0, 0.1) is 0 Å². The number of aromatic nitrogens is 2. The van der Waals surface area contributed by atoms with E-state index in [4.69, 9.17) is 11.6 Å². The van der Waals surface area contributed by atoms with Crippen molar-refractivity contribution in [2.75, 3.05) is 18.5 Å². The van der Waals surface area contributed by atoms with Crippen molar-refractivity contribution >= 4 is 28.5 Å². The van der Waals surface area contributed by atoms with E-state index in [-0.39, 0.29) is 5.38 Å². The second-order valence-corrected chi connectivity index (χ2v) is 4.96. The van der Waals surface area contributed by atoms with Crippen molar-refractivity contribution < 1.29 is 0 Å². The third-order valence-electron chi connectivity index (χ3n) is 2.68. The van der Waals surface area contributed by atoms with Crippen molar-refractivity contribution in [1.82, 2.24) is 9.97 Å². The Morgan fingerprint density at radius 2 is 2.12 bits per heavy atom. The van der Waals surface area contributed by atoms with Gasteiger partial charge in [0, 0.05) is 30.6 Å². The van der Waals surface area contributed by atoms with Crippen LogP contribution in [0.5, 0.6) is 0 Å². The molecular weight excluding hydrogens is 234 g/mol. The number of benzene rings is 1. The van der Waals surface area contributed by atoms with Gasteiger partial charge in [0.25, 0.3) is 0 Å².